The number of non-ortho nitro benzene ring substituents is 2. The van der Waals surface area contributed by atoms with E-state index in [0.717, 1.165) is 67.3 Å². The third-order valence-electron chi connectivity index (χ3n) is 11.5. The van der Waals surface area contributed by atoms with Crippen LogP contribution in [0.25, 0.3) is 22.9 Å². The van der Waals surface area contributed by atoms with Crippen molar-refractivity contribution in [1.29, 1.82) is 0 Å². The van der Waals surface area contributed by atoms with E-state index in [-0.39, 0.29) is 47.7 Å². The van der Waals surface area contributed by atoms with Crippen LogP contribution in [0.15, 0.2) is 93.8 Å². The van der Waals surface area contributed by atoms with Crippen LogP contribution in [0.2, 0.25) is 0 Å². The third kappa shape index (κ3) is 15.0. The molecule has 0 saturated heterocycles. The number of nitrogens with zero attached hydrogens (tertiary/aromatic N) is 6. The summed E-state index contributed by atoms with van der Waals surface area (Å²) in [6.07, 6.45) is 4.94. The number of aromatic nitrogens is 2. The Bertz CT molecular complexity index is 2970. The van der Waals surface area contributed by atoms with Crippen LogP contribution in [0.1, 0.15) is 95.0 Å². The molecule has 4 atom stereocenters. The zero-order valence-corrected chi connectivity index (χ0v) is 39.6. The Morgan fingerprint density at radius 3 is 1.49 bits per heavy atom. The SMILES string of the molecule is Cc1oc(-c2ccc(F)cc2)nc1COC1CCCC(O)C1.Cc1oc(-c2ccc(F)cc2)nc1COC1CCCC(OC(=O)c2ccc([N+](=O)[O-])cc2[N+](=O)[O-])C1.O=C(Cl)c1ccc([N+](=O)[O-])cc1[N+](=O)[O-]. The second kappa shape index (κ2) is 24.9. The molecule has 4 aromatic carbocycles. The van der Waals surface area contributed by atoms with Crippen molar-refractivity contribution in [2.24, 2.45) is 0 Å². The number of hydrogen-bond acceptors (Lipinski definition) is 18. The highest BCUT2D eigenvalue weighted by Gasteiger charge is 2.31. The number of carbonyl (C=O) groups is 2. The van der Waals surface area contributed by atoms with Crippen molar-refractivity contribution < 1.29 is 66.2 Å². The summed E-state index contributed by atoms with van der Waals surface area (Å²) in [7, 11) is 0. The van der Waals surface area contributed by atoms with E-state index in [1.54, 1.807) is 31.2 Å². The summed E-state index contributed by atoms with van der Waals surface area (Å²) in [6, 6.07) is 17.2. The van der Waals surface area contributed by atoms with Gasteiger partial charge >= 0.3 is 5.97 Å². The molecule has 4 unspecified atom stereocenters. The Hall–Kier alpha value is -7.93. The van der Waals surface area contributed by atoms with E-state index in [1.165, 1.54) is 24.3 Å². The number of nitro groups is 4. The number of rotatable bonds is 15. The zero-order chi connectivity index (χ0) is 52.9. The molecular weight excluding hydrogens is 990 g/mol. The number of oxazole rings is 2. The van der Waals surface area contributed by atoms with E-state index in [9.17, 15) is 63.9 Å². The maximum atomic E-state index is 13.2. The van der Waals surface area contributed by atoms with Gasteiger partial charge in [0.15, 0.2) is 0 Å². The van der Waals surface area contributed by atoms with Gasteiger partial charge in [0.2, 0.25) is 11.8 Å². The van der Waals surface area contributed by atoms with Gasteiger partial charge in [0.05, 0.1) is 63.4 Å². The monoisotopic (exact) mass is 1030 g/mol. The number of benzene rings is 4. The Kier molecular flexibility index (Phi) is 18.6. The molecule has 0 bridgehead atoms. The van der Waals surface area contributed by atoms with Crippen LogP contribution >= 0.6 is 11.6 Å². The molecule has 2 heterocycles. The van der Waals surface area contributed by atoms with Gasteiger partial charge < -0.3 is 28.2 Å². The van der Waals surface area contributed by atoms with Crippen LogP contribution < -0.4 is 0 Å². The lowest BCUT2D eigenvalue weighted by molar-refractivity contribution is -0.394. The molecule has 384 valence electrons. The molecule has 0 aliphatic heterocycles. The van der Waals surface area contributed by atoms with E-state index in [1.807, 2.05) is 6.92 Å². The van der Waals surface area contributed by atoms with Crippen LogP contribution in [0.4, 0.5) is 31.5 Å². The molecule has 2 saturated carbocycles. The summed E-state index contributed by atoms with van der Waals surface area (Å²) in [4.78, 5) is 71.9. The molecule has 8 rings (SSSR count). The van der Waals surface area contributed by atoms with Gasteiger partial charge in [-0.1, -0.05) is 0 Å². The number of aliphatic hydroxyl groups is 1. The van der Waals surface area contributed by atoms with E-state index >= 15 is 0 Å². The van der Waals surface area contributed by atoms with Gasteiger partial charge in [-0.2, -0.15) is 0 Å². The fourth-order valence-electron chi connectivity index (χ4n) is 7.70. The molecule has 1 N–H and O–H groups in total. The lowest BCUT2D eigenvalue weighted by Gasteiger charge is -2.28. The molecule has 0 radical (unpaired) electrons. The average Bonchev–Trinajstić information content (AvgIpc) is 3.93. The first-order valence-electron chi connectivity index (χ1n) is 22.4. The summed E-state index contributed by atoms with van der Waals surface area (Å²) in [5.41, 5.74) is -0.319. The Labute approximate surface area is 417 Å². The first kappa shape index (κ1) is 54.4. The van der Waals surface area contributed by atoms with Crippen molar-refractivity contribution >= 4 is 45.6 Å². The molecule has 73 heavy (non-hydrogen) atoms. The number of ether oxygens (including phenoxy) is 3. The fourth-order valence-corrected chi connectivity index (χ4v) is 7.86. The van der Waals surface area contributed by atoms with E-state index < -0.39 is 59.8 Å². The van der Waals surface area contributed by atoms with Crippen molar-refractivity contribution in [2.45, 2.75) is 103 Å². The van der Waals surface area contributed by atoms with Crippen molar-refractivity contribution in [2.75, 3.05) is 0 Å². The van der Waals surface area contributed by atoms with Gasteiger partial charge in [-0.05, 0) is 131 Å². The quantitative estimate of drug-likeness (QED) is 0.0432. The summed E-state index contributed by atoms with van der Waals surface area (Å²) in [6.45, 7) is 4.12. The van der Waals surface area contributed by atoms with Crippen LogP contribution in [0, 0.1) is 65.9 Å². The molecular formula is C48H45ClF2N6O16. The standard InChI is InChI=1S/C24H22FN3O8.C17H20FNO3.C7H3ClN2O5/c1-14-21(26-23(35-14)15-5-7-16(25)8-6-15)13-34-18-3-2-4-19(12-18)36-24(29)20-10-9-17(27(30)31)11-22(20)28(32)33;1-11-16(10-21-15-4-2-3-14(20)9-15)19-17(22-11)12-5-7-13(18)8-6-12;8-7(11)5-2-1-4(9(12)13)3-6(5)10(14)15/h5-11,18-19H,2-4,12-13H2,1H3;5-8,14-15,20H,2-4,9-10H2,1H3;1-3H. The highest BCUT2D eigenvalue weighted by Crippen LogP contribution is 2.31. The molecule has 2 aromatic heterocycles. The van der Waals surface area contributed by atoms with E-state index in [4.69, 9.17) is 34.6 Å². The zero-order valence-electron chi connectivity index (χ0n) is 38.9. The molecule has 0 spiro atoms. The van der Waals surface area contributed by atoms with Gasteiger partial charge in [0, 0.05) is 29.7 Å². The summed E-state index contributed by atoms with van der Waals surface area (Å²) < 4.78 is 54.8. The summed E-state index contributed by atoms with van der Waals surface area (Å²) >= 11 is 5.07. The summed E-state index contributed by atoms with van der Waals surface area (Å²) in [5, 5.41) is 51.7. The summed E-state index contributed by atoms with van der Waals surface area (Å²) in [5.74, 6) is 0.534. The first-order valence-corrected chi connectivity index (χ1v) is 22.8. The number of halogens is 3. The van der Waals surface area contributed by atoms with E-state index in [0.29, 0.717) is 72.9 Å². The smallest absolute Gasteiger partial charge is 0.345 e. The topological polar surface area (TPSA) is 307 Å². The molecule has 2 fully saturated rings. The average molecular weight is 1040 g/mol. The van der Waals surface area contributed by atoms with Gasteiger partial charge in [0.25, 0.3) is 28.0 Å². The predicted molar refractivity (Wildman–Crippen MR) is 252 cm³/mol. The van der Waals surface area contributed by atoms with Crippen molar-refractivity contribution in [3.63, 3.8) is 0 Å². The van der Waals surface area contributed by atoms with Gasteiger partial charge in [-0.15, -0.1) is 0 Å². The van der Waals surface area contributed by atoms with Crippen LogP contribution in [0.5, 0.6) is 0 Å². The molecule has 22 nitrogen and oxygen atoms in total. The number of carbonyl (C=O) groups excluding carboxylic acids is 2. The number of aliphatic hydroxyl groups excluding tert-OH is 1. The van der Waals surface area contributed by atoms with E-state index in [2.05, 4.69) is 9.97 Å². The van der Waals surface area contributed by atoms with Crippen LogP contribution in [-0.4, -0.2) is 70.4 Å². The number of esters is 1. The second-order valence-corrected chi connectivity index (χ2v) is 17.0. The molecule has 2 aliphatic rings. The lowest BCUT2D eigenvalue weighted by Crippen LogP contribution is -2.30. The Balaban J connectivity index is 0.000000199. The Morgan fingerprint density at radius 2 is 1.05 bits per heavy atom. The minimum absolute atomic E-state index is 0.0779. The fraction of sp³-hybridized carbons (Fsp3) is 0.333. The largest absolute Gasteiger partial charge is 0.458 e. The molecule has 25 heteroatoms. The highest BCUT2D eigenvalue weighted by molar-refractivity contribution is 6.68. The normalized spacial score (nSPS) is 17.2. The highest BCUT2D eigenvalue weighted by atomic mass is 35.5. The molecule has 2 aliphatic carbocycles. The van der Waals surface area contributed by atoms with Crippen molar-refractivity contribution in [3.05, 3.63) is 171 Å². The van der Waals surface area contributed by atoms with Gasteiger partial charge in [-0.25, -0.2) is 23.5 Å². The minimum atomic E-state index is -1.03. The number of aryl methyl sites for hydroxylation is 2. The number of hydrogen-bond donors (Lipinski definition) is 1. The van der Waals surface area contributed by atoms with Crippen LogP contribution in [0.3, 0.4) is 0 Å². The molecule has 6 aromatic rings. The Morgan fingerprint density at radius 1 is 0.630 bits per heavy atom. The second-order valence-electron chi connectivity index (χ2n) is 16.6. The maximum absolute atomic E-state index is 13.2. The van der Waals surface area contributed by atoms with Crippen molar-refractivity contribution in [1.82, 2.24) is 9.97 Å². The first-order chi connectivity index (χ1) is 34.8. The number of nitro benzene ring substituents is 4. The molecule has 0 amide bonds. The lowest BCUT2D eigenvalue weighted by atomic mass is 9.94. The van der Waals surface area contributed by atoms with Crippen LogP contribution in [-0.2, 0) is 27.4 Å². The predicted octanol–water partition coefficient (Wildman–Crippen LogP) is 10.8. The minimum Gasteiger partial charge on any atom is -0.458 e. The third-order valence-corrected chi connectivity index (χ3v) is 11.7. The maximum Gasteiger partial charge on any atom is 0.345 e. The van der Waals surface area contributed by atoms with Gasteiger partial charge in [-0.3, -0.25) is 45.3 Å². The van der Waals surface area contributed by atoms with Crippen molar-refractivity contribution in [3.8, 4) is 22.9 Å². The van der Waals surface area contributed by atoms with Gasteiger partial charge in [0.1, 0.15) is 51.8 Å².